The zero-order valence-electron chi connectivity index (χ0n) is 7.95. The highest BCUT2D eigenvalue weighted by molar-refractivity contribution is 5.80. The topological polar surface area (TPSA) is 56.0 Å². The molecule has 0 fully saturated rings. The van der Waals surface area contributed by atoms with E-state index in [0.717, 1.165) is 5.56 Å². The molecule has 70 valence electrons. The highest BCUT2D eigenvalue weighted by Crippen LogP contribution is 2.20. The largest absolute Gasteiger partial charge is 0.369 e. The van der Waals surface area contributed by atoms with Crippen LogP contribution in [0.3, 0.4) is 0 Å². The van der Waals surface area contributed by atoms with Crippen molar-refractivity contribution in [2.45, 2.75) is 20.3 Å². The molecule has 1 heterocycles. The van der Waals surface area contributed by atoms with Crippen LogP contribution in [-0.4, -0.2) is 10.9 Å². The highest BCUT2D eigenvalue weighted by atomic mass is 16.1. The molecule has 3 heteroatoms. The molecule has 1 amide bonds. The Hall–Kier alpha value is -1.38. The highest BCUT2D eigenvalue weighted by Gasteiger charge is 2.24. The standard InChI is InChI=1S/C10H14N2O/c1-10(2,9(11)13)7-8-3-5-12-6-4-8/h3-6H,7H2,1-2H3,(H2,11,13). The van der Waals surface area contributed by atoms with E-state index < -0.39 is 5.41 Å². The molecular formula is C10H14N2O. The average Bonchev–Trinajstić information content (AvgIpc) is 2.05. The summed E-state index contributed by atoms with van der Waals surface area (Å²) in [4.78, 5) is 14.9. The van der Waals surface area contributed by atoms with Crippen LogP contribution in [0, 0.1) is 5.41 Å². The van der Waals surface area contributed by atoms with Crippen molar-refractivity contribution in [1.82, 2.24) is 4.98 Å². The molecule has 0 aliphatic rings. The molecule has 0 aliphatic carbocycles. The zero-order valence-corrected chi connectivity index (χ0v) is 7.95. The Morgan fingerprint density at radius 2 is 2.00 bits per heavy atom. The van der Waals surface area contributed by atoms with Gasteiger partial charge in [-0.2, -0.15) is 0 Å². The maximum atomic E-state index is 11.0. The third kappa shape index (κ3) is 2.54. The fraction of sp³-hybridized carbons (Fsp3) is 0.400. The fourth-order valence-electron chi connectivity index (χ4n) is 1.10. The van der Waals surface area contributed by atoms with E-state index in [1.165, 1.54) is 0 Å². The van der Waals surface area contributed by atoms with E-state index in [1.807, 2.05) is 26.0 Å². The van der Waals surface area contributed by atoms with Crippen LogP contribution in [0.4, 0.5) is 0 Å². The van der Waals surface area contributed by atoms with E-state index in [0.29, 0.717) is 6.42 Å². The summed E-state index contributed by atoms with van der Waals surface area (Å²) >= 11 is 0. The summed E-state index contributed by atoms with van der Waals surface area (Å²) in [5.41, 5.74) is 5.86. The zero-order chi connectivity index (χ0) is 9.90. The molecule has 3 nitrogen and oxygen atoms in total. The molecular weight excluding hydrogens is 164 g/mol. The van der Waals surface area contributed by atoms with E-state index in [1.54, 1.807) is 12.4 Å². The van der Waals surface area contributed by atoms with Gasteiger partial charge < -0.3 is 5.73 Å². The van der Waals surface area contributed by atoms with Crippen LogP contribution in [0.1, 0.15) is 19.4 Å². The predicted octanol–water partition coefficient (Wildman–Crippen LogP) is 1.14. The summed E-state index contributed by atoms with van der Waals surface area (Å²) in [6, 6.07) is 3.79. The minimum atomic E-state index is -0.485. The third-order valence-corrected chi connectivity index (χ3v) is 2.06. The summed E-state index contributed by atoms with van der Waals surface area (Å²) in [5, 5.41) is 0. The van der Waals surface area contributed by atoms with Crippen LogP contribution in [0.2, 0.25) is 0 Å². The van der Waals surface area contributed by atoms with E-state index in [9.17, 15) is 4.79 Å². The van der Waals surface area contributed by atoms with Crippen LogP contribution in [0.25, 0.3) is 0 Å². The molecule has 1 rings (SSSR count). The van der Waals surface area contributed by atoms with Gasteiger partial charge in [-0.3, -0.25) is 9.78 Å². The molecule has 1 aromatic rings. The summed E-state index contributed by atoms with van der Waals surface area (Å²) < 4.78 is 0. The second-order valence-electron chi connectivity index (χ2n) is 3.78. The number of nitrogens with zero attached hydrogens (tertiary/aromatic N) is 1. The van der Waals surface area contributed by atoms with E-state index in [-0.39, 0.29) is 5.91 Å². The number of hydrogen-bond acceptors (Lipinski definition) is 2. The minimum absolute atomic E-state index is 0.274. The maximum Gasteiger partial charge on any atom is 0.223 e. The first-order chi connectivity index (χ1) is 6.02. The molecule has 0 spiro atoms. The lowest BCUT2D eigenvalue weighted by atomic mass is 9.85. The van der Waals surface area contributed by atoms with Crippen molar-refractivity contribution in [1.29, 1.82) is 0 Å². The SMILES string of the molecule is CC(C)(Cc1ccncc1)C(N)=O. The number of carbonyl (C=O) groups excluding carboxylic acids is 1. The first-order valence-corrected chi connectivity index (χ1v) is 4.21. The Kier molecular flexibility index (Phi) is 2.66. The Bertz CT molecular complexity index is 293. The van der Waals surface area contributed by atoms with Crippen molar-refractivity contribution in [2.75, 3.05) is 0 Å². The van der Waals surface area contributed by atoms with Gasteiger partial charge in [0.15, 0.2) is 0 Å². The van der Waals surface area contributed by atoms with Crippen molar-refractivity contribution in [3.8, 4) is 0 Å². The molecule has 0 aromatic carbocycles. The van der Waals surface area contributed by atoms with Crippen LogP contribution in [0.5, 0.6) is 0 Å². The quantitative estimate of drug-likeness (QED) is 0.754. The molecule has 0 saturated carbocycles. The maximum absolute atomic E-state index is 11.0. The lowest BCUT2D eigenvalue weighted by molar-refractivity contribution is -0.125. The number of carbonyl (C=O) groups is 1. The lowest BCUT2D eigenvalue weighted by Crippen LogP contribution is -2.33. The third-order valence-electron chi connectivity index (χ3n) is 2.06. The predicted molar refractivity (Wildman–Crippen MR) is 50.9 cm³/mol. The van der Waals surface area contributed by atoms with Crippen molar-refractivity contribution in [3.05, 3.63) is 30.1 Å². The van der Waals surface area contributed by atoms with Gasteiger partial charge in [-0.25, -0.2) is 0 Å². The fourth-order valence-corrected chi connectivity index (χ4v) is 1.10. The number of hydrogen-bond donors (Lipinski definition) is 1. The Labute approximate surface area is 78.0 Å². The van der Waals surface area contributed by atoms with Gasteiger partial charge in [0.25, 0.3) is 0 Å². The van der Waals surface area contributed by atoms with Crippen molar-refractivity contribution in [2.24, 2.45) is 11.1 Å². The van der Waals surface area contributed by atoms with Gasteiger partial charge in [0, 0.05) is 17.8 Å². The molecule has 0 saturated heterocycles. The van der Waals surface area contributed by atoms with Gasteiger partial charge in [-0.15, -0.1) is 0 Å². The van der Waals surface area contributed by atoms with Crippen LogP contribution < -0.4 is 5.73 Å². The molecule has 0 aliphatic heterocycles. The number of amides is 1. The summed E-state index contributed by atoms with van der Waals surface area (Å²) in [6.07, 6.45) is 4.09. The van der Waals surface area contributed by atoms with E-state index in [4.69, 9.17) is 5.73 Å². The normalized spacial score (nSPS) is 11.2. The Morgan fingerprint density at radius 3 is 2.46 bits per heavy atom. The van der Waals surface area contributed by atoms with Crippen LogP contribution >= 0.6 is 0 Å². The van der Waals surface area contributed by atoms with E-state index >= 15 is 0 Å². The van der Waals surface area contributed by atoms with Gasteiger partial charge in [-0.05, 0) is 24.1 Å². The monoisotopic (exact) mass is 178 g/mol. The molecule has 0 unspecified atom stereocenters. The molecule has 13 heavy (non-hydrogen) atoms. The number of aromatic nitrogens is 1. The number of pyridine rings is 1. The number of primary amides is 1. The number of rotatable bonds is 3. The molecule has 1 aromatic heterocycles. The second-order valence-corrected chi connectivity index (χ2v) is 3.78. The number of nitrogens with two attached hydrogens (primary N) is 1. The molecule has 0 atom stereocenters. The molecule has 2 N–H and O–H groups in total. The summed E-state index contributed by atoms with van der Waals surface area (Å²) in [6.45, 7) is 3.69. The van der Waals surface area contributed by atoms with Crippen molar-refractivity contribution in [3.63, 3.8) is 0 Å². The van der Waals surface area contributed by atoms with Crippen LogP contribution in [-0.2, 0) is 11.2 Å². The molecule has 0 radical (unpaired) electrons. The second kappa shape index (κ2) is 3.56. The van der Waals surface area contributed by atoms with Gasteiger partial charge in [-0.1, -0.05) is 13.8 Å². The van der Waals surface area contributed by atoms with Crippen molar-refractivity contribution < 1.29 is 4.79 Å². The first-order valence-electron chi connectivity index (χ1n) is 4.21. The minimum Gasteiger partial charge on any atom is -0.369 e. The van der Waals surface area contributed by atoms with Crippen LogP contribution in [0.15, 0.2) is 24.5 Å². The Morgan fingerprint density at radius 1 is 1.46 bits per heavy atom. The molecule has 0 bridgehead atoms. The first kappa shape index (κ1) is 9.71. The summed E-state index contributed by atoms with van der Waals surface area (Å²) in [5.74, 6) is -0.274. The Balaban J connectivity index is 2.75. The smallest absolute Gasteiger partial charge is 0.223 e. The van der Waals surface area contributed by atoms with Gasteiger partial charge in [0.1, 0.15) is 0 Å². The van der Waals surface area contributed by atoms with Gasteiger partial charge >= 0.3 is 0 Å². The van der Waals surface area contributed by atoms with Crippen molar-refractivity contribution >= 4 is 5.91 Å². The lowest BCUT2D eigenvalue weighted by Gasteiger charge is -2.19. The van der Waals surface area contributed by atoms with E-state index in [2.05, 4.69) is 4.98 Å². The van der Waals surface area contributed by atoms with Gasteiger partial charge in [0.05, 0.1) is 0 Å². The average molecular weight is 178 g/mol. The summed E-state index contributed by atoms with van der Waals surface area (Å²) in [7, 11) is 0. The van der Waals surface area contributed by atoms with Gasteiger partial charge in [0.2, 0.25) is 5.91 Å².